The molecule has 7 heteroatoms. The molecule has 2 aliphatic rings. The van der Waals surface area contributed by atoms with Gasteiger partial charge in [0, 0.05) is 56.1 Å². The summed E-state index contributed by atoms with van der Waals surface area (Å²) in [6.45, 7) is 6.46. The molecule has 0 radical (unpaired) electrons. The van der Waals surface area contributed by atoms with E-state index in [1.165, 1.54) is 4.88 Å². The van der Waals surface area contributed by atoms with Gasteiger partial charge in [0.15, 0.2) is 0 Å². The van der Waals surface area contributed by atoms with Crippen LogP contribution in [0.4, 0.5) is 0 Å². The molecule has 0 unspecified atom stereocenters. The number of fused-ring (bicyclic) bond motifs is 1. The molecule has 0 saturated carbocycles. The lowest BCUT2D eigenvalue weighted by Gasteiger charge is -2.19. The van der Waals surface area contributed by atoms with Crippen LogP contribution in [-0.2, 0) is 18.3 Å². The van der Waals surface area contributed by atoms with Gasteiger partial charge in [-0.05, 0) is 19.1 Å². The molecule has 0 aliphatic carbocycles. The summed E-state index contributed by atoms with van der Waals surface area (Å²) in [5, 5.41) is 3.08. The summed E-state index contributed by atoms with van der Waals surface area (Å²) in [5.74, 6) is 0.884. The number of rotatable bonds is 5. The highest BCUT2D eigenvalue weighted by atomic mass is 32.1. The third-order valence-electron chi connectivity index (χ3n) is 5.43. The quantitative estimate of drug-likeness (QED) is 0.881. The zero-order chi connectivity index (χ0) is 17.4. The zero-order valence-electron chi connectivity index (χ0n) is 14.6. The third-order valence-corrected chi connectivity index (χ3v) is 6.35. The number of likely N-dealkylation sites (tertiary alicyclic amines) is 1. The number of hydrogen-bond acceptors (Lipinski definition) is 5. The topological polar surface area (TPSA) is 59.4 Å². The first-order valence-corrected chi connectivity index (χ1v) is 9.62. The van der Waals surface area contributed by atoms with Crippen molar-refractivity contribution in [3.8, 4) is 0 Å². The number of thiazole rings is 1. The molecule has 4 heterocycles. The molecule has 0 spiro atoms. The average Bonchev–Trinajstić information content (AvgIpc) is 3.33. The number of aryl methyl sites for hydroxylation is 2. The maximum atomic E-state index is 12.3. The van der Waals surface area contributed by atoms with E-state index in [1.807, 2.05) is 35.5 Å². The van der Waals surface area contributed by atoms with Crippen molar-refractivity contribution in [1.29, 1.82) is 0 Å². The van der Waals surface area contributed by atoms with Crippen LogP contribution in [0.5, 0.6) is 0 Å². The van der Waals surface area contributed by atoms with Crippen LogP contribution in [-0.4, -0.2) is 52.7 Å². The Balaban J connectivity index is 1.32. The minimum Gasteiger partial charge on any atom is -0.376 e. The molecule has 2 aromatic heterocycles. The van der Waals surface area contributed by atoms with E-state index < -0.39 is 0 Å². The lowest BCUT2D eigenvalue weighted by atomic mass is 9.93. The fourth-order valence-corrected chi connectivity index (χ4v) is 4.73. The largest absolute Gasteiger partial charge is 0.376 e. The van der Waals surface area contributed by atoms with Crippen LogP contribution in [0.1, 0.15) is 21.1 Å². The molecular formula is C18H24N4O2S. The van der Waals surface area contributed by atoms with Crippen LogP contribution in [0.3, 0.4) is 0 Å². The first-order valence-electron chi connectivity index (χ1n) is 8.74. The van der Waals surface area contributed by atoms with Gasteiger partial charge >= 0.3 is 0 Å². The van der Waals surface area contributed by atoms with Crippen molar-refractivity contribution in [2.75, 3.05) is 26.2 Å². The Morgan fingerprint density at radius 2 is 2.36 bits per heavy atom. The number of ether oxygens (including phenoxy) is 1. The Bertz CT molecular complexity index is 756. The molecule has 4 rings (SSSR count). The van der Waals surface area contributed by atoms with Gasteiger partial charge in [-0.15, -0.1) is 11.3 Å². The fourth-order valence-electron chi connectivity index (χ4n) is 3.91. The number of nitrogens with one attached hydrogen (secondary N) is 1. The molecule has 3 atom stereocenters. The number of nitrogens with zero attached hydrogens (tertiary/aromatic N) is 3. The van der Waals surface area contributed by atoms with Crippen LogP contribution in [0.15, 0.2) is 23.8 Å². The molecule has 25 heavy (non-hydrogen) atoms. The molecule has 134 valence electrons. The Labute approximate surface area is 151 Å². The second-order valence-corrected chi connectivity index (χ2v) is 8.00. The smallest absolute Gasteiger partial charge is 0.267 e. The van der Waals surface area contributed by atoms with Crippen LogP contribution >= 0.6 is 11.3 Å². The van der Waals surface area contributed by atoms with Crippen LogP contribution in [0.25, 0.3) is 0 Å². The maximum absolute atomic E-state index is 12.3. The predicted octanol–water partition coefficient (Wildman–Crippen LogP) is 1.67. The van der Waals surface area contributed by atoms with E-state index in [0.29, 0.717) is 30.2 Å². The molecule has 6 nitrogen and oxygen atoms in total. The highest BCUT2D eigenvalue weighted by Gasteiger charge is 2.43. The summed E-state index contributed by atoms with van der Waals surface area (Å²) in [7, 11) is 1.89. The first-order chi connectivity index (χ1) is 12.1. The van der Waals surface area contributed by atoms with Gasteiger partial charge in [0.1, 0.15) is 5.69 Å². The van der Waals surface area contributed by atoms with Crippen molar-refractivity contribution in [2.45, 2.75) is 19.6 Å². The van der Waals surface area contributed by atoms with E-state index in [4.69, 9.17) is 4.74 Å². The minimum absolute atomic E-state index is 0.00825. The van der Waals surface area contributed by atoms with Gasteiger partial charge in [-0.1, -0.05) is 0 Å². The van der Waals surface area contributed by atoms with Gasteiger partial charge in [0.05, 0.1) is 23.9 Å². The third kappa shape index (κ3) is 3.36. The van der Waals surface area contributed by atoms with Crippen LogP contribution in [0.2, 0.25) is 0 Å². The second kappa shape index (κ2) is 6.90. The SMILES string of the molecule is Cc1ncsc1CN1C[C@@H]2[C@H](CNC(=O)c3cccn3C)CO[C@@H]2C1. The first kappa shape index (κ1) is 16.8. The molecule has 2 aliphatic heterocycles. The second-order valence-electron chi connectivity index (χ2n) is 7.07. The van der Waals surface area contributed by atoms with Gasteiger partial charge in [-0.2, -0.15) is 0 Å². The van der Waals surface area contributed by atoms with E-state index in [0.717, 1.165) is 31.9 Å². The fraction of sp³-hybridized carbons (Fsp3) is 0.556. The summed E-state index contributed by atoms with van der Waals surface area (Å²) in [4.78, 5) is 20.4. The molecule has 1 N–H and O–H groups in total. The number of aromatic nitrogens is 2. The Morgan fingerprint density at radius 3 is 3.08 bits per heavy atom. The summed E-state index contributed by atoms with van der Waals surface area (Å²) in [6, 6.07) is 3.73. The number of hydrogen-bond donors (Lipinski definition) is 1. The lowest BCUT2D eigenvalue weighted by molar-refractivity contribution is 0.0900. The number of carbonyl (C=O) groups is 1. The summed E-state index contributed by atoms with van der Waals surface area (Å²) < 4.78 is 7.85. The van der Waals surface area contributed by atoms with Gasteiger partial charge < -0.3 is 14.6 Å². The molecule has 0 aromatic carbocycles. The zero-order valence-corrected chi connectivity index (χ0v) is 15.5. The Hall–Kier alpha value is -1.70. The highest BCUT2D eigenvalue weighted by molar-refractivity contribution is 7.09. The van der Waals surface area contributed by atoms with Gasteiger partial charge in [0.25, 0.3) is 5.91 Å². The van der Waals surface area contributed by atoms with Crippen LogP contribution < -0.4 is 5.32 Å². The van der Waals surface area contributed by atoms with Crippen molar-refractivity contribution >= 4 is 17.2 Å². The molecule has 2 fully saturated rings. The summed E-state index contributed by atoms with van der Waals surface area (Å²) >= 11 is 1.73. The summed E-state index contributed by atoms with van der Waals surface area (Å²) in [5.41, 5.74) is 3.75. The minimum atomic E-state index is -0.00825. The van der Waals surface area contributed by atoms with E-state index in [-0.39, 0.29) is 5.91 Å². The van der Waals surface area contributed by atoms with Crippen molar-refractivity contribution in [2.24, 2.45) is 18.9 Å². The lowest BCUT2D eigenvalue weighted by Crippen LogP contribution is -2.34. The van der Waals surface area contributed by atoms with Gasteiger partial charge in [0.2, 0.25) is 0 Å². The average molecular weight is 360 g/mol. The maximum Gasteiger partial charge on any atom is 0.267 e. The summed E-state index contributed by atoms with van der Waals surface area (Å²) in [6.07, 6.45) is 2.19. The van der Waals surface area contributed by atoms with Crippen molar-refractivity contribution in [3.63, 3.8) is 0 Å². The number of carbonyl (C=O) groups excluding carboxylic acids is 1. The van der Waals surface area contributed by atoms with E-state index in [9.17, 15) is 4.79 Å². The highest BCUT2D eigenvalue weighted by Crippen LogP contribution is 2.34. The van der Waals surface area contributed by atoms with Crippen molar-refractivity contribution in [3.05, 3.63) is 40.1 Å². The van der Waals surface area contributed by atoms with Crippen molar-refractivity contribution < 1.29 is 9.53 Å². The Kier molecular flexibility index (Phi) is 4.62. The van der Waals surface area contributed by atoms with E-state index in [2.05, 4.69) is 22.1 Å². The van der Waals surface area contributed by atoms with E-state index in [1.54, 1.807) is 11.3 Å². The predicted molar refractivity (Wildman–Crippen MR) is 96.6 cm³/mol. The molecule has 1 amide bonds. The molecular weight excluding hydrogens is 336 g/mol. The van der Waals surface area contributed by atoms with Crippen LogP contribution in [0, 0.1) is 18.8 Å². The molecule has 2 saturated heterocycles. The van der Waals surface area contributed by atoms with Gasteiger partial charge in [-0.3, -0.25) is 9.69 Å². The normalized spacial score (nSPS) is 26.1. The van der Waals surface area contributed by atoms with E-state index >= 15 is 0 Å². The molecule has 2 aromatic rings. The molecule has 0 bridgehead atoms. The Morgan fingerprint density at radius 1 is 1.48 bits per heavy atom. The van der Waals surface area contributed by atoms with Gasteiger partial charge in [-0.25, -0.2) is 4.98 Å². The van der Waals surface area contributed by atoms with Crippen molar-refractivity contribution in [1.82, 2.24) is 19.8 Å². The number of amides is 1. The monoisotopic (exact) mass is 360 g/mol. The standard InChI is InChI=1S/C18H24N4O2S/c1-12-17(25-11-20-12)9-22-7-14-13(10-24-16(14)8-22)6-19-18(23)15-4-3-5-21(15)2/h3-5,11,13-14,16H,6-10H2,1-2H3,(H,19,23)/t13-,14-,16-/m1/s1.